The normalized spacial score (nSPS) is 12.7. The van der Waals surface area contributed by atoms with Gasteiger partial charge in [-0.15, -0.1) is 0 Å². The third kappa shape index (κ3) is 6.62. The van der Waals surface area contributed by atoms with Gasteiger partial charge in [0.2, 0.25) is 0 Å². The minimum Gasteiger partial charge on any atom is -0.364 e. The van der Waals surface area contributed by atoms with Crippen molar-refractivity contribution in [1.82, 2.24) is 4.90 Å². The van der Waals surface area contributed by atoms with Gasteiger partial charge < -0.3 is 15.5 Å². The molecule has 0 unspecified atom stereocenters. The molecule has 0 spiro atoms. The quantitative estimate of drug-likeness (QED) is 0.362. The van der Waals surface area contributed by atoms with Crippen molar-refractivity contribution in [2.75, 3.05) is 41.7 Å². The molecule has 6 nitrogen and oxygen atoms in total. The Morgan fingerprint density at radius 3 is 2.22 bits per heavy atom. The molecule has 37 heavy (non-hydrogen) atoms. The first kappa shape index (κ1) is 26.1. The zero-order valence-corrected chi connectivity index (χ0v) is 21.6. The number of rotatable bonds is 9. The molecule has 3 aromatic carbocycles. The van der Waals surface area contributed by atoms with E-state index in [0.717, 1.165) is 30.8 Å². The fourth-order valence-corrected chi connectivity index (χ4v) is 4.28. The zero-order valence-electron chi connectivity index (χ0n) is 21.6. The molecular weight excluding hydrogens is 467 g/mol. The fraction of sp³-hybridized carbons (Fsp3) is 0.267. The lowest BCUT2D eigenvalue weighted by Gasteiger charge is -2.19. The summed E-state index contributed by atoms with van der Waals surface area (Å²) in [7, 11) is 0. The number of nitrogens with one attached hydrogen (secondary N) is 2. The predicted octanol–water partition coefficient (Wildman–Crippen LogP) is 5.86. The van der Waals surface area contributed by atoms with Gasteiger partial charge in [0.1, 0.15) is 5.82 Å². The average molecular weight is 501 g/mol. The third-order valence-electron chi connectivity index (χ3n) is 6.59. The molecule has 0 saturated heterocycles. The molecule has 7 heteroatoms. The SMILES string of the molecule is CCN(CC)Cc1ccc(C(=O)Nc2cc(NC(=O)c3cc(F)cc(N4CC=CC4)c3)ccc2C)cc1. The second-order valence-electron chi connectivity index (χ2n) is 9.17. The summed E-state index contributed by atoms with van der Waals surface area (Å²) in [4.78, 5) is 30.1. The van der Waals surface area contributed by atoms with E-state index in [1.165, 1.54) is 12.1 Å². The summed E-state index contributed by atoms with van der Waals surface area (Å²) in [5.74, 6) is -1.11. The standard InChI is InChI=1S/C30H33FN4O2/c1-4-34(5-2)20-22-9-11-23(12-10-22)29(36)33-28-19-26(13-8-21(28)3)32-30(37)24-16-25(31)18-27(17-24)35-14-6-7-15-35/h6-13,16-19H,4-5,14-15,20H2,1-3H3,(H,32,37)(H,33,36). The number of benzene rings is 3. The van der Waals surface area contributed by atoms with Crippen molar-refractivity contribution in [3.8, 4) is 0 Å². The highest BCUT2D eigenvalue weighted by Gasteiger charge is 2.15. The van der Waals surface area contributed by atoms with Gasteiger partial charge in [-0.3, -0.25) is 14.5 Å². The van der Waals surface area contributed by atoms with Crippen molar-refractivity contribution in [2.24, 2.45) is 0 Å². The van der Waals surface area contributed by atoms with Crippen LogP contribution >= 0.6 is 0 Å². The molecule has 0 saturated carbocycles. The van der Waals surface area contributed by atoms with Crippen molar-refractivity contribution in [1.29, 1.82) is 0 Å². The predicted molar refractivity (Wildman–Crippen MR) is 148 cm³/mol. The maximum Gasteiger partial charge on any atom is 0.255 e. The van der Waals surface area contributed by atoms with Crippen LogP contribution in [-0.2, 0) is 6.54 Å². The van der Waals surface area contributed by atoms with Crippen LogP contribution in [0.3, 0.4) is 0 Å². The van der Waals surface area contributed by atoms with Gasteiger partial charge in [0, 0.05) is 47.8 Å². The molecule has 1 aliphatic rings. The molecule has 4 rings (SSSR count). The van der Waals surface area contributed by atoms with E-state index in [9.17, 15) is 14.0 Å². The Morgan fingerprint density at radius 1 is 0.865 bits per heavy atom. The van der Waals surface area contributed by atoms with Gasteiger partial charge in [-0.05, 0) is 73.6 Å². The van der Waals surface area contributed by atoms with E-state index < -0.39 is 11.7 Å². The Hall–Kier alpha value is -3.97. The number of anilines is 3. The first-order chi connectivity index (χ1) is 17.9. The van der Waals surface area contributed by atoms with Gasteiger partial charge in [0.05, 0.1) is 0 Å². The summed E-state index contributed by atoms with van der Waals surface area (Å²) in [5, 5.41) is 5.77. The molecule has 2 N–H and O–H groups in total. The van der Waals surface area contributed by atoms with Gasteiger partial charge in [0.25, 0.3) is 11.8 Å². The largest absolute Gasteiger partial charge is 0.364 e. The number of aryl methyl sites for hydroxylation is 1. The second kappa shape index (κ2) is 11.8. The molecule has 2 amide bonds. The molecule has 192 valence electrons. The lowest BCUT2D eigenvalue weighted by atomic mass is 10.1. The summed E-state index contributed by atoms with van der Waals surface area (Å²) in [6.45, 7) is 10.3. The highest BCUT2D eigenvalue weighted by molar-refractivity contribution is 6.07. The Labute approximate surface area is 217 Å². The number of hydrogen-bond donors (Lipinski definition) is 2. The van der Waals surface area contributed by atoms with E-state index in [1.54, 1.807) is 18.2 Å². The Morgan fingerprint density at radius 2 is 1.54 bits per heavy atom. The van der Waals surface area contributed by atoms with Crippen molar-refractivity contribution < 1.29 is 14.0 Å². The lowest BCUT2D eigenvalue weighted by molar-refractivity contribution is 0.101. The zero-order chi connectivity index (χ0) is 26.4. The second-order valence-corrected chi connectivity index (χ2v) is 9.17. The Balaban J connectivity index is 1.44. The maximum absolute atomic E-state index is 14.2. The molecule has 0 radical (unpaired) electrons. The number of carbonyl (C=O) groups excluding carboxylic acids is 2. The van der Waals surface area contributed by atoms with E-state index in [4.69, 9.17) is 0 Å². The van der Waals surface area contributed by atoms with E-state index in [1.807, 2.05) is 54.3 Å². The summed E-state index contributed by atoms with van der Waals surface area (Å²) in [6, 6.07) is 17.2. The summed E-state index contributed by atoms with van der Waals surface area (Å²) in [6.07, 6.45) is 4.01. The number of nitrogens with zero attached hydrogens (tertiary/aromatic N) is 2. The van der Waals surface area contributed by atoms with Gasteiger partial charge in [-0.2, -0.15) is 0 Å². The van der Waals surface area contributed by atoms with Crippen molar-refractivity contribution in [3.05, 3.63) is 101 Å². The van der Waals surface area contributed by atoms with Gasteiger partial charge in [0.15, 0.2) is 0 Å². The van der Waals surface area contributed by atoms with E-state index in [0.29, 0.717) is 35.7 Å². The number of hydrogen-bond acceptors (Lipinski definition) is 4. The molecule has 0 fully saturated rings. The fourth-order valence-electron chi connectivity index (χ4n) is 4.28. The minimum atomic E-state index is -0.463. The van der Waals surface area contributed by atoms with E-state index >= 15 is 0 Å². The molecule has 1 heterocycles. The monoisotopic (exact) mass is 500 g/mol. The van der Waals surface area contributed by atoms with Crippen molar-refractivity contribution >= 4 is 28.9 Å². The molecular formula is C30H33FN4O2. The lowest BCUT2D eigenvalue weighted by Crippen LogP contribution is -2.22. The van der Waals surface area contributed by atoms with Crippen LogP contribution in [0, 0.1) is 12.7 Å². The number of carbonyl (C=O) groups is 2. The molecule has 0 bridgehead atoms. The van der Waals surface area contributed by atoms with Gasteiger partial charge in [-0.25, -0.2) is 4.39 Å². The summed E-state index contributed by atoms with van der Waals surface area (Å²) in [5.41, 5.74) is 4.57. The van der Waals surface area contributed by atoms with Gasteiger partial charge in [-0.1, -0.05) is 44.2 Å². The van der Waals surface area contributed by atoms with Crippen molar-refractivity contribution in [3.63, 3.8) is 0 Å². The molecule has 0 atom stereocenters. The Bertz CT molecular complexity index is 1290. The van der Waals surface area contributed by atoms with Crippen molar-refractivity contribution in [2.45, 2.75) is 27.3 Å². The van der Waals surface area contributed by atoms with Crippen LogP contribution in [0.25, 0.3) is 0 Å². The number of amides is 2. The van der Waals surface area contributed by atoms with Gasteiger partial charge >= 0.3 is 0 Å². The topological polar surface area (TPSA) is 64.7 Å². The van der Waals surface area contributed by atoms with Crippen LogP contribution in [-0.4, -0.2) is 42.9 Å². The average Bonchev–Trinajstić information content (AvgIpc) is 3.44. The van der Waals surface area contributed by atoms with Crippen LogP contribution in [0.1, 0.15) is 45.7 Å². The first-order valence-electron chi connectivity index (χ1n) is 12.6. The van der Waals surface area contributed by atoms with Crippen LogP contribution in [0.15, 0.2) is 72.8 Å². The molecule has 0 aliphatic carbocycles. The van der Waals surface area contributed by atoms with Crippen LogP contribution < -0.4 is 15.5 Å². The maximum atomic E-state index is 14.2. The first-order valence-corrected chi connectivity index (χ1v) is 12.6. The number of halogens is 1. The highest BCUT2D eigenvalue weighted by atomic mass is 19.1. The smallest absolute Gasteiger partial charge is 0.255 e. The van der Waals surface area contributed by atoms with Crippen LogP contribution in [0.4, 0.5) is 21.5 Å². The Kier molecular flexibility index (Phi) is 8.36. The summed E-state index contributed by atoms with van der Waals surface area (Å²) >= 11 is 0. The van der Waals surface area contributed by atoms with E-state index in [2.05, 4.69) is 29.4 Å². The molecule has 3 aromatic rings. The van der Waals surface area contributed by atoms with Crippen LogP contribution in [0.2, 0.25) is 0 Å². The molecule has 1 aliphatic heterocycles. The molecule has 0 aromatic heterocycles. The highest BCUT2D eigenvalue weighted by Crippen LogP contribution is 2.24. The summed E-state index contributed by atoms with van der Waals surface area (Å²) < 4.78 is 14.2. The third-order valence-corrected chi connectivity index (χ3v) is 6.59. The minimum absolute atomic E-state index is 0.227. The van der Waals surface area contributed by atoms with E-state index in [-0.39, 0.29) is 11.5 Å². The van der Waals surface area contributed by atoms with Crippen LogP contribution in [0.5, 0.6) is 0 Å².